The molecule has 0 amide bonds. The smallest absolute Gasteiger partial charge is 0.108 e. The molecule has 2 heteroatoms. The van der Waals surface area contributed by atoms with Crippen molar-refractivity contribution in [1.82, 2.24) is 0 Å². The second kappa shape index (κ2) is 4.71. The zero-order valence-electron chi connectivity index (χ0n) is 11.4. The molecule has 2 nitrogen and oxygen atoms in total. The molecule has 0 bridgehead atoms. The van der Waals surface area contributed by atoms with Crippen LogP contribution in [0.5, 0.6) is 0 Å². The highest BCUT2D eigenvalue weighted by Gasteiger charge is 2.52. The molecule has 2 N–H and O–H groups in total. The Kier molecular flexibility index (Phi) is 3.84. The van der Waals surface area contributed by atoms with E-state index in [0.717, 1.165) is 5.56 Å². The van der Waals surface area contributed by atoms with Gasteiger partial charge in [0.2, 0.25) is 0 Å². The summed E-state index contributed by atoms with van der Waals surface area (Å²) >= 11 is 0. The molecule has 0 fully saturated rings. The van der Waals surface area contributed by atoms with Gasteiger partial charge < -0.3 is 10.2 Å². The molecule has 1 rings (SSSR count). The molecule has 1 aromatic rings. The van der Waals surface area contributed by atoms with E-state index in [1.807, 2.05) is 30.3 Å². The van der Waals surface area contributed by atoms with Crippen molar-refractivity contribution in [3.63, 3.8) is 0 Å². The monoisotopic (exact) mass is 246 g/mol. The topological polar surface area (TPSA) is 40.5 Å². The van der Waals surface area contributed by atoms with Crippen LogP contribution in [0.2, 0.25) is 0 Å². The van der Waals surface area contributed by atoms with Gasteiger partial charge in [-0.05, 0) is 12.5 Å². The first-order chi connectivity index (χ1) is 8.23. The summed E-state index contributed by atoms with van der Waals surface area (Å²) in [4.78, 5) is 0. The fourth-order valence-corrected chi connectivity index (χ4v) is 2.11. The first kappa shape index (κ1) is 14.7. The Labute approximate surface area is 109 Å². The second-order valence-electron chi connectivity index (χ2n) is 5.30. The normalized spacial score (nSPS) is 15.8. The minimum atomic E-state index is -1.35. The molecule has 0 aliphatic rings. The number of aliphatic hydroxyl groups is 2. The van der Waals surface area contributed by atoms with E-state index in [-0.39, 0.29) is 0 Å². The molecule has 18 heavy (non-hydrogen) atoms. The van der Waals surface area contributed by atoms with Gasteiger partial charge in [0.1, 0.15) is 5.60 Å². The molecule has 0 aromatic heterocycles. The van der Waals surface area contributed by atoms with Gasteiger partial charge in [-0.15, -0.1) is 0 Å². The van der Waals surface area contributed by atoms with Crippen molar-refractivity contribution in [3.8, 4) is 0 Å². The summed E-state index contributed by atoms with van der Waals surface area (Å²) in [5.41, 5.74) is -2.69. The Bertz CT molecular complexity index is 422. The average molecular weight is 246 g/mol. The van der Waals surface area contributed by atoms with Crippen molar-refractivity contribution in [2.75, 3.05) is 0 Å². The van der Waals surface area contributed by atoms with Gasteiger partial charge in [0, 0.05) is 5.41 Å². The summed E-state index contributed by atoms with van der Waals surface area (Å²) < 4.78 is 0. The van der Waals surface area contributed by atoms with E-state index in [4.69, 9.17) is 0 Å². The minimum absolute atomic E-state index is 0.747. The Hall–Kier alpha value is -1.38. The van der Waals surface area contributed by atoms with Crippen LogP contribution in [0, 0.1) is 5.41 Å². The lowest BCUT2D eigenvalue weighted by Gasteiger charge is -2.48. The van der Waals surface area contributed by atoms with Crippen molar-refractivity contribution in [2.45, 2.75) is 32.0 Å². The van der Waals surface area contributed by atoms with Crippen LogP contribution < -0.4 is 0 Å². The van der Waals surface area contributed by atoms with E-state index in [1.165, 1.54) is 12.2 Å². The maximum Gasteiger partial charge on any atom is 0.108 e. The van der Waals surface area contributed by atoms with Crippen LogP contribution in [-0.2, 0) is 5.60 Å². The molecule has 0 aliphatic carbocycles. The quantitative estimate of drug-likeness (QED) is 0.784. The SMILES string of the molecule is C=CC(O)(C=C)C(C)(C)C(C)(O)c1ccccc1. The summed E-state index contributed by atoms with van der Waals surface area (Å²) in [5.74, 6) is 0. The lowest BCUT2D eigenvalue weighted by atomic mass is 9.62. The average Bonchev–Trinajstić information content (AvgIpc) is 2.38. The van der Waals surface area contributed by atoms with Crippen LogP contribution in [0.1, 0.15) is 26.3 Å². The molecule has 1 unspecified atom stereocenters. The standard InChI is InChI=1S/C16H22O2/c1-6-16(18,7-2)14(3,4)15(5,17)13-11-9-8-10-12-13/h6-12,17-18H,1-2H2,3-5H3. The van der Waals surface area contributed by atoms with E-state index in [0.29, 0.717) is 0 Å². The number of rotatable bonds is 5. The summed E-state index contributed by atoms with van der Waals surface area (Å²) in [6.45, 7) is 12.6. The fourth-order valence-electron chi connectivity index (χ4n) is 2.11. The maximum absolute atomic E-state index is 10.9. The Morgan fingerprint density at radius 2 is 1.39 bits per heavy atom. The van der Waals surface area contributed by atoms with Gasteiger partial charge in [-0.25, -0.2) is 0 Å². The molecule has 0 heterocycles. The highest BCUT2D eigenvalue weighted by atomic mass is 16.3. The van der Waals surface area contributed by atoms with Gasteiger partial charge >= 0.3 is 0 Å². The molecule has 1 atom stereocenters. The van der Waals surface area contributed by atoms with E-state index in [9.17, 15) is 10.2 Å². The fraction of sp³-hybridized carbons (Fsp3) is 0.375. The van der Waals surface area contributed by atoms with Crippen LogP contribution in [-0.4, -0.2) is 15.8 Å². The summed E-state index contributed by atoms with van der Waals surface area (Å²) in [6.07, 6.45) is 2.83. The van der Waals surface area contributed by atoms with Crippen molar-refractivity contribution < 1.29 is 10.2 Å². The van der Waals surface area contributed by atoms with Gasteiger partial charge in [0.05, 0.1) is 5.60 Å². The molecule has 0 saturated heterocycles. The molecule has 0 radical (unpaired) electrons. The minimum Gasteiger partial charge on any atom is -0.385 e. The molecule has 0 spiro atoms. The predicted molar refractivity (Wildman–Crippen MR) is 75.1 cm³/mol. The Balaban J connectivity index is 3.34. The molecular formula is C16H22O2. The van der Waals surface area contributed by atoms with Gasteiger partial charge in [-0.3, -0.25) is 0 Å². The van der Waals surface area contributed by atoms with Crippen LogP contribution in [0.15, 0.2) is 55.6 Å². The Morgan fingerprint density at radius 1 is 0.944 bits per heavy atom. The van der Waals surface area contributed by atoms with E-state index in [2.05, 4.69) is 13.2 Å². The van der Waals surface area contributed by atoms with Gasteiger partial charge in [-0.2, -0.15) is 0 Å². The van der Waals surface area contributed by atoms with Gasteiger partial charge in [0.15, 0.2) is 0 Å². The van der Waals surface area contributed by atoms with E-state index < -0.39 is 16.6 Å². The maximum atomic E-state index is 10.9. The van der Waals surface area contributed by atoms with Crippen LogP contribution in [0.4, 0.5) is 0 Å². The number of benzene rings is 1. The Morgan fingerprint density at radius 3 is 1.78 bits per heavy atom. The summed E-state index contributed by atoms with van der Waals surface area (Å²) in [5, 5.41) is 21.4. The highest BCUT2D eigenvalue weighted by molar-refractivity contribution is 5.29. The summed E-state index contributed by atoms with van der Waals surface area (Å²) in [6, 6.07) is 9.30. The van der Waals surface area contributed by atoms with Crippen molar-refractivity contribution in [2.24, 2.45) is 5.41 Å². The molecular weight excluding hydrogens is 224 g/mol. The van der Waals surface area contributed by atoms with Crippen molar-refractivity contribution in [3.05, 3.63) is 61.2 Å². The third-order valence-corrected chi connectivity index (χ3v) is 4.18. The lowest BCUT2D eigenvalue weighted by molar-refractivity contribution is -0.135. The van der Waals surface area contributed by atoms with Crippen LogP contribution >= 0.6 is 0 Å². The first-order valence-electron chi connectivity index (χ1n) is 6.00. The van der Waals surface area contributed by atoms with Gasteiger partial charge in [-0.1, -0.05) is 69.5 Å². The van der Waals surface area contributed by atoms with Crippen LogP contribution in [0.3, 0.4) is 0 Å². The van der Waals surface area contributed by atoms with Crippen molar-refractivity contribution >= 4 is 0 Å². The molecule has 1 aromatic carbocycles. The van der Waals surface area contributed by atoms with Gasteiger partial charge in [0.25, 0.3) is 0 Å². The molecule has 0 saturated carbocycles. The number of hydrogen-bond donors (Lipinski definition) is 2. The highest BCUT2D eigenvalue weighted by Crippen LogP contribution is 2.47. The summed E-state index contributed by atoms with van der Waals surface area (Å²) in [7, 11) is 0. The zero-order valence-corrected chi connectivity index (χ0v) is 11.4. The van der Waals surface area contributed by atoms with Crippen molar-refractivity contribution in [1.29, 1.82) is 0 Å². The lowest BCUT2D eigenvalue weighted by Crippen LogP contribution is -2.53. The van der Waals surface area contributed by atoms with Crippen LogP contribution in [0.25, 0.3) is 0 Å². The number of hydrogen-bond acceptors (Lipinski definition) is 2. The molecule has 98 valence electrons. The largest absolute Gasteiger partial charge is 0.385 e. The van der Waals surface area contributed by atoms with E-state index >= 15 is 0 Å². The van der Waals surface area contributed by atoms with E-state index in [1.54, 1.807) is 20.8 Å². The second-order valence-corrected chi connectivity index (χ2v) is 5.30. The first-order valence-corrected chi connectivity index (χ1v) is 6.00. The molecule has 0 aliphatic heterocycles. The predicted octanol–water partition coefficient (Wildman–Crippen LogP) is 3.02. The third kappa shape index (κ3) is 2.02. The third-order valence-electron chi connectivity index (χ3n) is 4.18. The zero-order chi connectivity index (χ0) is 14.0.